The van der Waals surface area contributed by atoms with E-state index in [1.165, 1.54) is 18.9 Å². The Morgan fingerprint density at radius 2 is 2.00 bits per heavy atom. The number of benzene rings is 1. The average Bonchev–Trinajstić information content (AvgIpc) is 2.49. The number of para-hydroxylation sites is 1. The minimum atomic E-state index is -0.281. The summed E-state index contributed by atoms with van der Waals surface area (Å²) in [6.07, 6.45) is 3.53. The third kappa shape index (κ3) is 4.46. The van der Waals surface area contributed by atoms with Crippen LogP contribution < -0.4 is 10.1 Å². The molecule has 0 aromatic heterocycles. The van der Waals surface area contributed by atoms with E-state index in [0.717, 1.165) is 32.6 Å². The van der Waals surface area contributed by atoms with Gasteiger partial charge in [0.1, 0.15) is 6.61 Å². The lowest BCUT2D eigenvalue weighted by Gasteiger charge is -2.34. The molecule has 1 saturated heterocycles. The summed E-state index contributed by atoms with van der Waals surface area (Å²) in [6, 6.07) is 7.24. The molecular weight excluding hydrogens is 255 g/mol. The molecule has 1 aromatic rings. The molecule has 0 bridgehead atoms. The highest BCUT2D eigenvalue weighted by molar-refractivity contribution is 5.23. The molecule has 1 heterocycles. The monoisotopic (exact) mass is 280 g/mol. The van der Waals surface area contributed by atoms with E-state index < -0.39 is 0 Å². The summed E-state index contributed by atoms with van der Waals surface area (Å²) in [5.41, 5.74) is 0. The van der Waals surface area contributed by atoms with Crippen LogP contribution in [0.15, 0.2) is 24.3 Å². The fourth-order valence-electron chi connectivity index (χ4n) is 2.77. The van der Waals surface area contributed by atoms with Gasteiger partial charge in [-0.15, -0.1) is 0 Å². The van der Waals surface area contributed by atoms with E-state index in [1.807, 2.05) is 0 Å². The quantitative estimate of drug-likeness (QED) is 0.831. The van der Waals surface area contributed by atoms with E-state index >= 15 is 0 Å². The van der Waals surface area contributed by atoms with Crippen molar-refractivity contribution in [3.8, 4) is 5.75 Å². The van der Waals surface area contributed by atoms with Crippen LogP contribution in [-0.4, -0.2) is 43.7 Å². The molecule has 1 fully saturated rings. The molecule has 2 rings (SSSR count). The molecule has 4 heteroatoms. The van der Waals surface area contributed by atoms with Crippen molar-refractivity contribution >= 4 is 0 Å². The molecule has 1 aliphatic rings. The summed E-state index contributed by atoms with van der Waals surface area (Å²) in [6.45, 7) is 6.90. The first-order valence-electron chi connectivity index (χ1n) is 7.63. The fraction of sp³-hybridized carbons (Fsp3) is 0.625. The van der Waals surface area contributed by atoms with Crippen molar-refractivity contribution in [2.75, 3.05) is 32.8 Å². The molecule has 0 radical (unpaired) electrons. The van der Waals surface area contributed by atoms with Crippen molar-refractivity contribution < 1.29 is 9.13 Å². The fourth-order valence-corrected chi connectivity index (χ4v) is 2.77. The Kier molecular flexibility index (Phi) is 6.27. The van der Waals surface area contributed by atoms with Gasteiger partial charge in [-0.1, -0.05) is 19.1 Å². The highest BCUT2D eigenvalue weighted by Gasteiger charge is 2.20. The molecule has 1 N–H and O–H groups in total. The SMILES string of the molecule is CCCN(CCOc1ccccc1F)C1CCNCC1. The van der Waals surface area contributed by atoms with Gasteiger partial charge in [-0.25, -0.2) is 4.39 Å². The van der Waals surface area contributed by atoms with Crippen molar-refractivity contribution in [1.29, 1.82) is 0 Å². The van der Waals surface area contributed by atoms with Gasteiger partial charge in [-0.3, -0.25) is 4.90 Å². The minimum Gasteiger partial charge on any atom is -0.489 e. The largest absolute Gasteiger partial charge is 0.489 e. The zero-order valence-corrected chi connectivity index (χ0v) is 12.3. The number of nitrogens with one attached hydrogen (secondary N) is 1. The van der Waals surface area contributed by atoms with Gasteiger partial charge in [0.25, 0.3) is 0 Å². The molecule has 20 heavy (non-hydrogen) atoms. The van der Waals surface area contributed by atoms with Crippen LogP contribution in [0.5, 0.6) is 5.75 Å². The van der Waals surface area contributed by atoms with E-state index in [4.69, 9.17) is 4.74 Å². The Labute approximate surface area is 121 Å². The maximum atomic E-state index is 13.5. The molecule has 3 nitrogen and oxygen atoms in total. The number of hydrogen-bond donors (Lipinski definition) is 1. The van der Waals surface area contributed by atoms with Crippen molar-refractivity contribution in [1.82, 2.24) is 10.2 Å². The van der Waals surface area contributed by atoms with Crippen LogP contribution in [0.1, 0.15) is 26.2 Å². The summed E-state index contributed by atoms with van der Waals surface area (Å²) in [5.74, 6) is 0.0747. The number of rotatable bonds is 7. The first-order chi connectivity index (χ1) is 9.81. The Morgan fingerprint density at radius 1 is 1.25 bits per heavy atom. The van der Waals surface area contributed by atoms with Gasteiger partial charge >= 0.3 is 0 Å². The Balaban J connectivity index is 1.81. The predicted molar refractivity (Wildman–Crippen MR) is 79.7 cm³/mol. The molecule has 1 aliphatic heterocycles. The summed E-state index contributed by atoms with van der Waals surface area (Å²) >= 11 is 0. The molecule has 0 saturated carbocycles. The molecular formula is C16H25FN2O. The van der Waals surface area contributed by atoms with E-state index in [-0.39, 0.29) is 5.82 Å². The number of piperidine rings is 1. The molecule has 0 atom stereocenters. The minimum absolute atomic E-state index is 0.281. The summed E-state index contributed by atoms with van der Waals surface area (Å²) in [4.78, 5) is 2.49. The van der Waals surface area contributed by atoms with Crippen molar-refractivity contribution in [2.45, 2.75) is 32.2 Å². The molecule has 0 spiro atoms. The third-order valence-corrected chi connectivity index (χ3v) is 3.81. The molecule has 112 valence electrons. The number of halogens is 1. The Morgan fingerprint density at radius 3 is 2.70 bits per heavy atom. The van der Waals surface area contributed by atoms with Crippen LogP contribution in [0.3, 0.4) is 0 Å². The van der Waals surface area contributed by atoms with Gasteiger partial charge in [-0.2, -0.15) is 0 Å². The summed E-state index contributed by atoms with van der Waals surface area (Å²) in [7, 11) is 0. The molecule has 0 unspecified atom stereocenters. The topological polar surface area (TPSA) is 24.5 Å². The third-order valence-electron chi connectivity index (χ3n) is 3.81. The van der Waals surface area contributed by atoms with Gasteiger partial charge < -0.3 is 10.1 Å². The second-order valence-electron chi connectivity index (χ2n) is 5.30. The van der Waals surface area contributed by atoms with Crippen molar-refractivity contribution in [2.24, 2.45) is 0 Å². The second kappa shape index (κ2) is 8.22. The van der Waals surface area contributed by atoms with Gasteiger partial charge in [0.15, 0.2) is 11.6 Å². The van der Waals surface area contributed by atoms with Gasteiger partial charge in [0.05, 0.1) is 0 Å². The molecule has 0 aliphatic carbocycles. The van der Waals surface area contributed by atoms with E-state index in [9.17, 15) is 4.39 Å². The zero-order chi connectivity index (χ0) is 14.2. The van der Waals surface area contributed by atoms with Crippen molar-refractivity contribution in [3.05, 3.63) is 30.1 Å². The summed E-state index contributed by atoms with van der Waals surface area (Å²) in [5, 5.41) is 3.39. The second-order valence-corrected chi connectivity index (χ2v) is 5.30. The standard InChI is InChI=1S/C16H25FN2O/c1-2-11-19(14-7-9-18-10-8-14)12-13-20-16-6-4-3-5-15(16)17/h3-6,14,18H,2,7-13H2,1H3. The maximum absolute atomic E-state index is 13.5. The van der Waals surface area contributed by atoms with Crippen LogP contribution >= 0.6 is 0 Å². The van der Waals surface area contributed by atoms with E-state index in [0.29, 0.717) is 18.4 Å². The van der Waals surface area contributed by atoms with Gasteiger partial charge in [-0.05, 0) is 51.0 Å². The highest BCUT2D eigenvalue weighted by Crippen LogP contribution is 2.16. The lowest BCUT2D eigenvalue weighted by Crippen LogP contribution is -2.45. The zero-order valence-electron chi connectivity index (χ0n) is 12.3. The number of hydrogen-bond acceptors (Lipinski definition) is 3. The molecule has 1 aromatic carbocycles. The normalized spacial score (nSPS) is 16.6. The van der Waals surface area contributed by atoms with Crippen LogP contribution in [0, 0.1) is 5.82 Å². The molecule has 0 amide bonds. The Bertz CT molecular complexity index is 394. The van der Waals surface area contributed by atoms with Crippen LogP contribution in [-0.2, 0) is 0 Å². The summed E-state index contributed by atoms with van der Waals surface area (Å²) < 4.78 is 19.0. The maximum Gasteiger partial charge on any atom is 0.165 e. The lowest BCUT2D eigenvalue weighted by molar-refractivity contribution is 0.133. The Hall–Kier alpha value is -1.13. The van der Waals surface area contributed by atoms with E-state index in [2.05, 4.69) is 17.1 Å². The van der Waals surface area contributed by atoms with Crippen molar-refractivity contribution in [3.63, 3.8) is 0 Å². The smallest absolute Gasteiger partial charge is 0.165 e. The number of ether oxygens (including phenoxy) is 1. The predicted octanol–water partition coefficient (Wildman–Crippen LogP) is 2.67. The van der Waals surface area contributed by atoms with Gasteiger partial charge in [0.2, 0.25) is 0 Å². The van der Waals surface area contributed by atoms with Crippen LogP contribution in [0.2, 0.25) is 0 Å². The first-order valence-corrected chi connectivity index (χ1v) is 7.63. The van der Waals surface area contributed by atoms with Gasteiger partial charge in [0, 0.05) is 12.6 Å². The number of nitrogens with zero attached hydrogens (tertiary/aromatic N) is 1. The highest BCUT2D eigenvalue weighted by atomic mass is 19.1. The first kappa shape index (κ1) is 15.3. The van der Waals surface area contributed by atoms with E-state index in [1.54, 1.807) is 18.2 Å². The van der Waals surface area contributed by atoms with Crippen LogP contribution in [0.4, 0.5) is 4.39 Å². The average molecular weight is 280 g/mol. The van der Waals surface area contributed by atoms with Crippen LogP contribution in [0.25, 0.3) is 0 Å². The lowest BCUT2D eigenvalue weighted by atomic mass is 10.0.